The number of aliphatic imine (C=N–C) groups is 1. The molecule has 4 nitrogen and oxygen atoms in total. The fourth-order valence-corrected chi connectivity index (χ4v) is 2.72. The van der Waals surface area contributed by atoms with E-state index in [2.05, 4.69) is 26.0 Å². The van der Waals surface area contributed by atoms with Crippen molar-refractivity contribution in [3.05, 3.63) is 51.7 Å². The van der Waals surface area contributed by atoms with E-state index in [0.29, 0.717) is 6.54 Å². The number of guanidine groups is 1. The monoisotopic (exact) mass is 320 g/mol. The van der Waals surface area contributed by atoms with Gasteiger partial charge in [0, 0.05) is 31.9 Å². The van der Waals surface area contributed by atoms with Crippen molar-refractivity contribution in [1.82, 2.24) is 15.6 Å². The van der Waals surface area contributed by atoms with Gasteiger partial charge in [0.1, 0.15) is 5.82 Å². The predicted octanol–water partition coefficient (Wildman–Crippen LogP) is 2.54. The standard InChI is InChI=1S/C16H21FN4S/c1-12-21-15(11-22-12)7-9-20-16(18-2)19-8-6-13-4-3-5-14(17)10-13/h3-5,10-11H,6-9H2,1-2H3,(H2,18,19,20). The maximum atomic E-state index is 13.1. The van der Waals surface area contributed by atoms with Crippen molar-refractivity contribution in [3.63, 3.8) is 0 Å². The van der Waals surface area contributed by atoms with Gasteiger partial charge in [-0.05, 0) is 31.0 Å². The molecular weight excluding hydrogens is 299 g/mol. The number of aromatic nitrogens is 1. The largest absolute Gasteiger partial charge is 0.356 e. The summed E-state index contributed by atoms with van der Waals surface area (Å²) in [5.41, 5.74) is 2.08. The highest BCUT2D eigenvalue weighted by molar-refractivity contribution is 7.09. The highest BCUT2D eigenvalue weighted by Gasteiger charge is 2.01. The summed E-state index contributed by atoms with van der Waals surface area (Å²) in [4.78, 5) is 8.60. The zero-order valence-corrected chi connectivity index (χ0v) is 13.7. The average Bonchev–Trinajstić information content (AvgIpc) is 2.91. The van der Waals surface area contributed by atoms with E-state index in [9.17, 15) is 4.39 Å². The molecule has 0 aliphatic carbocycles. The molecule has 6 heteroatoms. The second kappa shape index (κ2) is 8.48. The number of hydrogen-bond acceptors (Lipinski definition) is 3. The van der Waals surface area contributed by atoms with Crippen molar-refractivity contribution >= 4 is 17.3 Å². The molecule has 0 saturated heterocycles. The number of hydrogen-bond donors (Lipinski definition) is 2. The van der Waals surface area contributed by atoms with Crippen LogP contribution in [0.1, 0.15) is 16.3 Å². The minimum atomic E-state index is -0.196. The normalized spacial score (nSPS) is 11.5. The zero-order chi connectivity index (χ0) is 15.8. The van der Waals surface area contributed by atoms with Gasteiger partial charge in [-0.25, -0.2) is 9.37 Å². The first-order chi connectivity index (χ1) is 10.7. The van der Waals surface area contributed by atoms with E-state index in [4.69, 9.17) is 0 Å². The van der Waals surface area contributed by atoms with Crippen molar-refractivity contribution in [3.8, 4) is 0 Å². The second-order valence-corrected chi connectivity index (χ2v) is 5.98. The molecule has 2 N–H and O–H groups in total. The first-order valence-electron chi connectivity index (χ1n) is 7.27. The Morgan fingerprint density at radius 3 is 2.68 bits per heavy atom. The Morgan fingerprint density at radius 2 is 2.05 bits per heavy atom. The van der Waals surface area contributed by atoms with Crippen LogP contribution >= 0.6 is 11.3 Å². The van der Waals surface area contributed by atoms with Gasteiger partial charge in [-0.3, -0.25) is 4.99 Å². The van der Waals surface area contributed by atoms with Crippen LogP contribution in [-0.4, -0.2) is 31.1 Å². The van der Waals surface area contributed by atoms with Crippen LogP contribution in [0.4, 0.5) is 4.39 Å². The van der Waals surface area contributed by atoms with Crippen molar-refractivity contribution in [2.75, 3.05) is 20.1 Å². The van der Waals surface area contributed by atoms with Gasteiger partial charge < -0.3 is 10.6 Å². The average molecular weight is 320 g/mol. The Kier molecular flexibility index (Phi) is 6.33. The number of halogens is 1. The lowest BCUT2D eigenvalue weighted by molar-refractivity contribution is 0.625. The lowest BCUT2D eigenvalue weighted by Crippen LogP contribution is -2.39. The fraction of sp³-hybridized carbons (Fsp3) is 0.375. The summed E-state index contributed by atoms with van der Waals surface area (Å²) in [5, 5.41) is 9.65. The Hall–Kier alpha value is -1.95. The summed E-state index contributed by atoms with van der Waals surface area (Å²) >= 11 is 1.67. The molecule has 1 aromatic carbocycles. The van der Waals surface area contributed by atoms with Crippen LogP contribution in [0.25, 0.3) is 0 Å². The maximum Gasteiger partial charge on any atom is 0.190 e. The van der Waals surface area contributed by atoms with Gasteiger partial charge in [0.15, 0.2) is 5.96 Å². The summed E-state index contributed by atoms with van der Waals surface area (Å²) in [6, 6.07) is 6.67. The number of thiazole rings is 1. The molecule has 0 saturated carbocycles. The molecule has 2 rings (SSSR count). The number of benzene rings is 1. The van der Waals surface area contributed by atoms with Gasteiger partial charge in [-0.2, -0.15) is 0 Å². The summed E-state index contributed by atoms with van der Waals surface area (Å²) < 4.78 is 13.1. The Balaban J connectivity index is 1.69. The molecule has 0 fully saturated rings. The van der Waals surface area contributed by atoms with Gasteiger partial charge in [0.25, 0.3) is 0 Å². The van der Waals surface area contributed by atoms with Crippen LogP contribution in [0.5, 0.6) is 0 Å². The molecule has 0 unspecified atom stereocenters. The van der Waals surface area contributed by atoms with Crippen molar-refractivity contribution in [2.45, 2.75) is 19.8 Å². The zero-order valence-electron chi connectivity index (χ0n) is 12.9. The van der Waals surface area contributed by atoms with E-state index < -0.39 is 0 Å². The lowest BCUT2D eigenvalue weighted by Gasteiger charge is -2.11. The molecule has 1 aromatic heterocycles. The molecule has 0 aliphatic rings. The van der Waals surface area contributed by atoms with Crippen molar-refractivity contribution in [2.24, 2.45) is 4.99 Å². The van der Waals surface area contributed by atoms with E-state index in [1.165, 1.54) is 6.07 Å². The number of rotatable bonds is 6. The molecule has 0 atom stereocenters. The van der Waals surface area contributed by atoms with E-state index in [-0.39, 0.29) is 5.82 Å². The molecule has 0 amide bonds. The van der Waals surface area contributed by atoms with Crippen LogP contribution in [0.3, 0.4) is 0 Å². The molecule has 2 aromatic rings. The molecular formula is C16H21FN4S. The van der Waals surface area contributed by atoms with Gasteiger partial charge in [-0.1, -0.05) is 12.1 Å². The number of nitrogens with one attached hydrogen (secondary N) is 2. The summed E-state index contributed by atoms with van der Waals surface area (Å²) in [7, 11) is 1.74. The van der Waals surface area contributed by atoms with Gasteiger partial charge in [-0.15, -0.1) is 11.3 Å². The van der Waals surface area contributed by atoms with E-state index in [1.807, 2.05) is 13.0 Å². The van der Waals surface area contributed by atoms with E-state index in [0.717, 1.165) is 41.6 Å². The molecule has 0 radical (unpaired) electrons. The van der Waals surface area contributed by atoms with Gasteiger partial charge >= 0.3 is 0 Å². The third-order valence-corrected chi connectivity index (χ3v) is 3.98. The summed E-state index contributed by atoms with van der Waals surface area (Å²) in [6.45, 7) is 3.50. The van der Waals surface area contributed by atoms with Crippen LogP contribution in [0.15, 0.2) is 34.6 Å². The van der Waals surface area contributed by atoms with Gasteiger partial charge in [0.2, 0.25) is 0 Å². The van der Waals surface area contributed by atoms with E-state index >= 15 is 0 Å². The van der Waals surface area contributed by atoms with Crippen LogP contribution in [0, 0.1) is 12.7 Å². The number of nitrogens with zero attached hydrogens (tertiary/aromatic N) is 2. The predicted molar refractivity (Wildman–Crippen MR) is 90.0 cm³/mol. The first-order valence-corrected chi connectivity index (χ1v) is 8.15. The molecule has 0 bridgehead atoms. The second-order valence-electron chi connectivity index (χ2n) is 4.91. The Labute approximate surface area is 134 Å². The minimum Gasteiger partial charge on any atom is -0.356 e. The molecule has 118 valence electrons. The summed E-state index contributed by atoms with van der Waals surface area (Å²) in [6.07, 6.45) is 1.62. The smallest absolute Gasteiger partial charge is 0.190 e. The Morgan fingerprint density at radius 1 is 1.27 bits per heavy atom. The van der Waals surface area contributed by atoms with Crippen molar-refractivity contribution < 1.29 is 4.39 Å². The van der Waals surface area contributed by atoms with E-state index in [1.54, 1.807) is 30.5 Å². The quantitative estimate of drug-likeness (QED) is 0.635. The van der Waals surface area contributed by atoms with Crippen LogP contribution < -0.4 is 10.6 Å². The Bertz CT molecular complexity index is 624. The molecule has 0 spiro atoms. The third kappa shape index (κ3) is 5.44. The minimum absolute atomic E-state index is 0.196. The highest BCUT2D eigenvalue weighted by atomic mass is 32.1. The highest BCUT2D eigenvalue weighted by Crippen LogP contribution is 2.07. The lowest BCUT2D eigenvalue weighted by atomic mass is 10.1. The topological polar surface area (TPSA) is 49.3 Å². The third-order valence-electron chi connectivity index (χ3n) is 3.16. The number of aryl methyl sites for hydroxylation is 1. The van der Waals surface area contributed by atoms with Crippen LogP contribution in [0.2, 0.25) is 0 Å². The molecule has 22 heavy (non-hydrogen) atoms. The molecule has 0 aliphatic heterocycles. The summed E-state index contributed by atoms with van der Waals surface area (Å²) in [5.74, 6) is 0.557. The SMILES string of the molecule is CN=C(NCCc1cccc(F)c1)NCCc1csc(C)n1. The van der Waals surface area contributed by atoms with Crippen LogP contribution in [-0.2, 0) is 12.8 Å². The van der Waals surface area contributed by atoms with Gasteiger partial charge in [0.05, 0.1) is 10.7 Å². The fourth-order valence-electron chi connectivity index (χ4n) is 2.07. The molecule has 1 heterocycles. The maximum absolute atomic E-state index is 13.1. The van der Waals surface area contributed by atoms with Crippen molar-refractivity contribution in [1.29, 1.82) is 0 Å². The first kappa shape index (κ1) is 16.4.